The van der Waals surface area contributed by atoms with E-state index in [9.17, 15) is 14.4 Å². The molecule has 2 saturated heterocycles. The first-order chi connectivity index (χ1) is 24.2. The van der Waals surface area contributed by atoms with Gasteiger partial charge in [0.25, 0.3) is 5.56 Å². The number of hydrogen-bond donors (Lipinski definition) is 0. The second kappa shape index (κ2) is 13.8. The van der Waals surface area contributed by atoms with Crippen molar-refractivity contribution in [2.45, 2.75) is 129 Å². The highest BCUT2D eigenvalue weighted by Gasteiger charge is 2.52. The summed E-state index contributed by atoms with van der Waals surface area (Å²) in [7, 11) is -2.10. The number of ether oxygens (including phenoxy) is 4. The monoisotopic (exact) mass is 753 g/mol. The molecule has 1 aromatic carbocycles. The van der Waals surface area contributed by atoms with Crippen LogP contribution < -0.4 is 11.2 Å². The van der Waals surface area contributed by atoms with Gasteiger partial charge in [0.15, 0.2) is 8.32 Å². The molecule has 0 aliphatic carbocycles. The van der Waals surface area contributed by atoms with Crippen molar-refractivity contribution in [2.24, 2.45) is 0 Å². The number of thiophene rings is 1. The van der Waals surface area contributed by atoms with Crippen molar-refractivity contribution < 1.29 is 32.6 Å². The highest BCUT2D eigenvalue weighted by molar-refractivity contribution is 7.22. The molecule has 3 unspecified atom stereocenters. The number of nitrogens with zero attached hydrogens (tertiary/aromatic N) is 3. The maximum absolute atomic E-state index is 14.7. The Morgan fingerprint density at radius 2 is 1.63 bits per heavy atom. The largest absolute Gasteiger partial charge is 0.458 e. The van der Waals surface area contributed by atoms with Crippen LogP contribution in [0.3, 0.4) is 0 Å². The van der Waals surface area contributed by atoms with Gasteiger partial charge in [0, 0.05) is 0 Å². The van der Waals surface area contributed by atoms with E-state index < -0.39 is 48.9 Å². The number of benzene rings is 1. The SMILES string of the molecule is Cc1c(-c2ncco2)sc2c1c(=O)n(C(C)(C)C(=O)OC(C)(C)C)c(=O)n2CC(O[C@H]1COC2C1OC[C@@H]2O[Si](C)(C)C(C)(C)C)c1ccccc1. The van der Waals surface area contributed by atoms with Crippen LogP contribution >= 0.6 is 11.3 Å². The molecule has 5 heterocycles. The molecule has 282 valence electrons. The fourth-order valence-electron chi connectivity index (χ4n) is 6.51. The van der Waals surface area contributed by atoms with Crippen LogP contribution in [0.25, 0.3) is 21.0 Å². The number of oxazole rings is 1. The van der Waals surface area contributed by atoms with Gasteiger partial charge in [0.05, 0.1) is 42.3 Å². The Kier molecular flexibility index (Phi) is 10.2. The van der Waals surface area contributed by atoms with Crippen molar-refractivity contribution in [1.29, 1.82) is 0 Å². The average molecular weight is 754 g/mol. The highest BCUT2D eigenvalue weighted by atomic mass is 32.1. The number of rotatable bonds is 10. The molecule has 2 aliphatic heterocycles. The molecule has 2 aliphatic rings. The number of aryl methyl sites for hydroxylation is 1. The smallest absolute Gasteiger partial charge is 0.333 e. The van der Waals surface area contributed by atoms with Gasteiger partial charge in [-0.15, -0.1) is 11.3 Å². The summed E-state index contributed by atoms with van der Waals surface area (Å²) < 4.78 is 40.1. The highest BCUT2D eigenvalue weighted by Crippen LogP contribution is 2.42. The third kappa shape index (κ3) is 7.13. The lowest BCUT2D eigenvalue weighted by Crippen LogP contribution is -2.54. The van der Waals surface area contributed by atoms with E-state index in [1.165, 1.54) is 42.2 Å². The minimum absolute atomic E-state index is 0.0206. The molecular weight excluding hydrogens is 703 g/mol. The summed E-state index contributed by atoms with van der Waals surface area (Å²) in [5.74, 6) is -0.378. The van der Waals surface area contributed by atoms with Gasteiger partial charge in [-0.3, -0.25) is 9.36 Å². The Morgan fingerprint density at radius 1 is 1.00 bits per heavy atom. The van der Waals surface area contributed by atoms with E-state index in [2.05, 4.69) is 38.8 Å². The fraction of sp³-hybridized carbons (Fsp3) is 0.579. The second-order valence-corrected chi connectivity index (χ2v) is 22.5. The first-order valence-corrected chi connectivity index (χ1v) is 21.5. The molecule has 0 amide bonds. The summed E-state index contributed by atoms with van der Waals surface area (Å²) in [6, 6.07) is 9.62. The van der Waals surface area contributed by atoms with E-state index in [4.69, 9.17) is 27.8 Å². The van der Waals surface area contributed by atoms with E-state index in [1.807, 2.05) is 30.3 Å². The summed E-state index contributed by atoms with van der Waals surface area (Å²) in [5, 5.41) is 0.313. The number of esters is 1. The Hall–Kier alpha value is -3.40. The van der Waals surface area contributed by atoms with Gasteiger partial charge in [-0.25, -0.2) is 19.1 Å². The van der Waals surface area contributed by atoms with Gasteiger partial charge < -0.3 is 27.8 Å². The number of hydrogen-bond acceptors (Lipinski definition) is 11. The van der Waals surface area contributed by atoms with Crippen LogP contribution in [0, 0.1) is 6.92 Å². The molecule has 12 nitrogen and oxygen atoms in total. The molecule has 2 fully saturated rings. The molecule has 6 rings (SSSR count). The quantitative estimate of drug-likeness (QED) is 0.129. The summed E-state index contributed by atoms with van der Waals surface area (Å²) >= 11 is 1.24. The van der Waals surface area contributed by atoms with Crippen LogP contribution in [0.4, 0.5) is 0 Å². The Morgan fingerprint density at radius 3 is 2.23 bits per heavy atom. The minimum Gasteiger partial charge on any atom is -0.458 e. The van der Waals surface area contributed by atoms with E-state index in [-0.39, 0.29) is 41.9 Å². The topological polar surface area (TPSA) is 133 Å². The Bertz CT molecular complexity index is 2040. The van der Waals surface area contributed by atoms with Crippen LogP contribution in [0.5, 0.6) is 0 Å². The summed E-state index contributed by atoms with van der Waals surface area (Å²) in [4.78, 5) is 48.1. The predicted octanol–water partition coefficient (Wildman–Crippen LogP) is 6.58. The van der Waals surface area contributed by atoms with Crippen LogP contribution in [-0.4, -0.2) is 71.6 Å². The summed E-state index contributed by atoms with van der Waals surface area (Å²) in [5.41, 5.74) is -2.35. The molecule has 0 spiro atoms. The molecule has 0 radical (unpaired) electrons. The van der Waals surface area contributed by atoms with Gasteiger partial charge in [0.2, 0.25) is 5.89 Å². The van der Waals surface area contributed by atoms with Gasteiger partial charge in [-0.1, -0.05) is 51.1 Å². The lowest BCUT2D eigenvalue weighted by atomic mass is 10.0. The third-order valence-corrected chi connectivity index (χ3v) is 16.2. The maximum atomic E-state index is 14.7. The van der Waals surface area contributed by atoms with Crippen LogP contribution in [0.15, 0.2) is 56.8 Å². The zero-order valence-corrected chi connectivity index (χ0v) is 33.8. The summed E-state index contributed by atoms with van der Waals surface area (Å²) in [6.45, 7) is 21.8. The number of carbonyl (C=O) groups excluding carboxylic acids is 1. The predicted molar refractivity (Wildman–Crippen MR) is 201 cm³/mol. The maximum Gasteiger partial charge on any atom is 0.333 e. The van der Waals surface area contributed by atoms with E-state index >= 15 is 0 Å². The van der Waals surface area contributed by atoms with E-state index in [1.54, 1.807) is 27.7 Å². The van der Waals surface area contributed by atoms with Crippen molar-refractivity contribution in [3.63, 3.8) is 0 Å². The minimum atomic E-state index is -2.10. The van der Waals surface area contributed by atoms with Crippen molar-refractivity contribution in [1.82, 2.24) is 14.1 Å². The molecule has 0 N–H and O–H groups in total. The lowest BCUT2D eigenvalue weighted by molar-refractivity contribution is -0.164. The normalized spacial score (nSPS) is 21.8. The van der Waals surface area contributed by atoms with E-state index in [0.29, 0.717) is 27.8 Å². The molecule has 4 aromatic rings. The van der Waals surface area contributed by atoms with Gasteiger partial charge in [-0.2, -0.15) is 0 Å². The Labute approximate surface area is 309 Å². The molecular formula is C38H51N3O9SSi. The van der Waals surface area contributed by atoms with Crippen LogP contribution in [0.2, 0.25) is 18.1 Å². The van der Waals surface area contributed by atoms with Crippen molar-refractivity contribution in [2.75, 3.05) is 13.2 Å². The first-order valence-electron chi connectivity index (χ1n) is 17.8. The zero-order chi connectivity index (χ0) is 38.0. The third-order valence-electron chi connectivity index (χ3n) is 10.4. The van der Waals surface area contributed by atoms with Crippen molar-refractivity contribution in [3.05, 3.63) is 74.8 Å². The first kappa shape index (κ1) is 38.3. The standard InChI is InChI=1S/C38H51N3O9SSi/c1-22-27-32(42)41(38(8,9)34(43)49-36(2,3)4)35(44)40(33(27)51-30(22)31-39-17-18-45-31)19-24(23-15-13-12-14-16-23)48-25-20-46-29-26(21-47-28(25)29)50-52(10,11)37(5,6)7/h12-18,24-26,28-29H,19-21H2,1-11H3/t24?,25-,26-,28?,29?/m0/s1. The van der Waals surface area contributed by atoms with Crippen LogP contribution in [-0.2, 0) is 40.3 Å². The molecule has 14 heteroatoms. The number of aromatic nitrogens is 3. The molecule has 0 saturated carbocycles. The summed E-state index contributed by atoms with van der Waals surface area (Å²) in [6.07, 6.45) is 1.01. The molecule has 3 aromatic heterocycles. The average Bonchev–Trinajstić information content (AvgIpc) is 3.84. The van der Waals surface area contributed by atoms with Crippen molar-refractivity contribution in [3.8, 4) is 10.8 Å². The zero-order valence-electron chi connectivity index (χ0n) is 32.0. The van der Waals surface area contributed by atoms with Crippen molar-refractivity contribution >= 4 is 35.8 Å². The second-order valence-electron chi connectivity index (χ2n) is 16.8. The van der Waals surface area contributed by atoms with Crippen LogP contribution in [0.1, 0.15) is 72.6 Å². The molecule has 5 atom stereocenters. The fourth-order valence-corrected chi connectivity index (χ4v) is 9.06. The lowest BCUT2D eigenvalue weighted by Gasteiger charge is -2.39. The van der Waals surface area contributed by atoms with Gasteiger partial charge in [-0.05, 0) is 70.8 Å². The Balaban J connectivity index is 1.43. The number of carbonyl (C=O) groups is 1. The molecule has 0 bridgehead atoms. The van der Waals surface area contributed by atoms with Gasteiger partial charge in [0.1, 0.15) is 46.6 Å². The van der Waals surface area contributed by atoms with Gasteiger partial charge >= 0.3 is 11.7 Å². The van der Waals surface area contributed by atoms with E-state index in [0.717, 1.165) is 10.1 Å². The molecule has 52 heavy (non-hydrogen) atoms. The number of fused-ring (bicyclic) bond motifs is 2.